The number of nitrogens with one attached hydrogen (secondary N) is 5. The maximum atomic E-state index is 13.1. The average Bonchev–Trinajstić information content (AvgIpc) is 2.97. The normalized spacial score (nSPS) is 15.1. The van der Waals surface area contributed by atoms with Gasteiger partial charge >= 0.3 is 5.97 Å². The number of rotatable bonds is 21. The monoisotopic (exact) mass is 603 g/mol. The maximum absolute atomic E-state index is 13.1. The zero-order chi connectivity index (χ0) is 32.4. The Morgan fingerprint density at radius 2 is 1.58 bits per heavy atom. The van der Waals surface area contributed by atoms with Crippen LogP contribution in [0, 0.1) is 11.8 Å². The first kappa shape index (κ1) is 37.2. The molecule has 43 heavy (non-hydrogen) atoms. The van der Waals surface area contributed by atoms with E-state index in [0.29, 0.717) is 38.5 Å². The van der Waals surface area contributed by atoms with Crippen LogP contribution in [0.4, 0.5) is 0 Å². The van der Waals surface area contributed by atoms with Gasteiger partial charge in [0.1, 0.15) is 18.4 Å². The summed E-state index contributed by atoms with van der Waals surface area (Å²) in [6.45, 7) is 9.18. The number of carboxylic acids is 1. The number of aliphatic carboxylic acids is 1. The topological polar surface area (TPSA) is 183 Å². The van der Waals surface area contributed by atoms with Crippen LogP contribution in [0.25, 0.3) is 0 Å². The van der Waals surface area contributed by atoms with Gasteiger partial charge in [0.15, 0.2) is 0 Å². The third kappa shape index (κ3) is 15.3. The maximum Gasteiger partial charge on any atom is 0.305 e. The van der Waals surface area contributed by atoms with Crippen LogP contribution in [0.5, 0.6) is 0 Å². The van der Waals surface area contributed by atoms with Gasteiger partial charge in [-0.3, -0.25) is 24.0 Å². The molecule has 12 heteroatoms. The molecule has 6 atom stereocenters. The summed E-state index contributed by atoms with van der Waals surface area (Å²) in [6.07, 6.45) is 2.43. The van der Waals surface area contributed by atoms with Gasteiger partial charge in [-0.2, -0.15) is 0 Å². The number of carbonyl (C=O) groups is 6. The van der Waals surface area contributed by atoms with E-state index in [1.807, 2.05) is 51.1 Å². The Kier molecular flexibility index (Phi) is 17.5. The van der Waals surface area contributed by atoms with Crippen LogP contribution in [-0.4, -0.2) is 78.2 Å². The first-order valence-corrected chi connectivity index (χ1v) is 15.0. The van der Waals surface area contributed by atoms with Crippen molar-refractivity contribution in [3.63, 3.8) is 0 Å². The van der Waals surface area contributed by atoms with E-state index in [4.69, 9.17) is 5.11 Å². The van der Waals surface area contributed by atoms with Crippen LogP contribution < -0.4 is 26.6 Å². The average molecular weight is 604 g/mol. The van der Waals surface area contributed by atoms with E-state index in [1.54, 1.807) is 6.92 Å². The largest absolute Gasteiger partial charge is 0.481 e. The van der Waals surface area contributed by atoms with E-state index in [-0.39, 0.29) is 43.0 Å². The first-order valence-electron chi connectivity index (χ1n) is 15.0. The SMILES string of the molecule is CC[C@H](NC(=O)[C@@H](NC(C)=O)[C@@H](C)CC)C(=O)NC[C@@H](C[C@H](C)CN[C@H](C=O)CC(=O)O)NC(=O)CCc1ccccc1. The quantitative estimate of drug-likeness (QED) is 0.114. The minimum absolute atomic E-state index is 0.0804. The molecular formula is C31H49N5O7. The number of aldehydes is 1. The fraction of sp³-hybridized carbons (Fsp3) is 0.613. The fourth-order valence-electron chi connectivity index (χ4n) is 4.56. The fourth-order valence-corrected chi connectivity index (χ4v) is 4.56. The van der Waals surface area contributed by atoms with Crippen molar-refractivity contribution in [2.45, 2.75) is 97.3 Å². The zero-order valence-electron chi connectivity index (χ0n) is 26.0. The number of aryl methyl sites for hydroxylation is 1. The van der Waals surface area contributed by atoms with Crippen LogP contribution in [0.3, 0.4) is 0 Å². The van der Waals surface area contributed by atoms with Crippen molar-refractivity contribution in [3.8, 4) is 0 Å². The summed E-state index contributed by atoms with van der Waals surface area (Å²) in [4.78, 5) is 72.7. The standard InChI is InChI=1S/C31H49N5O7/c1-6-21(4)29(34-22(5)38)31(43)36-26(7-2)30(42)33-18-24(15-20(3)17-32-25(19-37)16-28(40)41)35-27(39)14-13-23-11-9-8-10-12-23/h8-12,19-21,24-26,29,32H,6-7,13-18H2,1-5H3,(H,33,42)(H,34,38)(H,35,39)(H,36,43)(H,40,41)/t20-,21-,24+,25-,26-,29-/m0/s1. The second kappa shape index (κ2) is 20.2. The molecule has 240 valence electrons. The van der Waals surface area contributed by atoms with Crippen molar-refractivity contribution in [2.24, 2.45) is 11.8 Å². The van der Waals surface area contributed by atoms with Gasteiger partial charge in [-0.05, 0) is 43.2 Å². The molecule has 0 aromatic heterocycles. The van der Waals surface area contributed by atoms with Gasteiger partial charge in [0.2, 0.25) is 23.6 Å². The second-order valence-electron chi connectivity index (χ2n) is 11.1. The molecule has 0 saturated heterocycles. The highest BCUT2D eigenvalue weighted by Crippen LogP contribution is 2.10. The molecule has 0 spiro atoms. The Balaban J connectivity index is 2.88. The summed E-state index contributed by atoms with van der Waals surface area (Å²) in [5, 5.41) is 23.1. The lowest BCUT2D eigenvalue weighted by molar-refractivity contribution is -0.138. The lowest BCUT2D eigenvalue weighted by atomic mass is 9.97. The van der Waals surface area contributed by atoms with Gasteiger partial charge < -0.3 is 36.5 Å². The van der Waals surface area contributed by atoms with Gasteiger partial charge in [-0.1, -0.05) is 64.4 Å². The molecule has 0 bridgehead atoms. The molecule has 0 heterocycles. The van der Waals surface area contributed by atoms with Crippen molar-refractivity contribution < 1.29 is 33.9 Å². The Morgan fingerprint density at radius 3 is 2.14 bits per heavy atom. The summed E-state index contributed by atoms with van der Waals surface area (Å²) in [7, 11) is 0. The summed E-state index contributed by atoms with van der Waals surface area (Å²) in [5.41, 5.74) is 1.02. The summed E-state index contributed by atoms with van der Waals surface area (Å²) in [5.74, 6) is -2.69. The van der Waals surface area contributed by atoms with E-state index in [2.05, 4.69) is 26.6 Å². The van der Waals surface area contributed by atoms with Gasteiger partial charge in [0.25, 0.3) is 0 Å². The molecule has 0 aliphatic heterocycles. The van der Waals surface area contributed by atoms with Crippen LogP contribution in [0.1, 0.15) is 72.3 Å². The van der Waals surface area contributed by atoms with E-state index >= 15 is 0 Å². The molecule has 0 aliphatic rings. The predicted octanol–water partition coefficient (Wildman–Crippen LogP) is 1.32. The smallest absolute Gasteiger partial charge is 0.305 e. The predicted molar refractivity (Wildman–Crippen MR) is 163 cm³/mol. The summed E-state index contributed by atoms with van der Waals surface area (Å²) >= 11 is 0. The number of hydrogen-bond donors (Lipinski definition) is 6. The molecule has 0 unspecified atom stereocenters. The van der Waals surface area contributed by atoms with Crippen LogP contribution in [0.2, 0.25) is 0 Å². The number of benzene rings is 1. The summed E-state index contributed by atoms with van der Waals surface area (Å²) in [6, 6.07) is 6.69. The van der Waals surface area contributed by atoms with E-state index < -0.39 is 42.0 Å². The molecule has 0 aliphatic carbocycles. The van der Waals surface area contributed by atoms with Crippen LogP contribution in [0.15, 0.2) is 30.3 Å². The second-order valence-corrected chi connectivity index (χ2v) is 11.1. The minimum atomic E-state index is -1.09. The van der Waals surface area contributed by atoms with Gasteiger partial charge in [-0.25, -0.2) is 0 Å². The molecule has 6 N–H and O–H groups in total. The molecule has 4 amide bonds. The molecule has 12 nitrogen and oxygen atoms in total. The number of hydrogen-bond acceptors (Lipinski definition) is 7. The number of carbonyl (C=O) groups excluding carboxylic acids is 5. The first-order chi connectivity index (χ1) is 20.4. The van der Waals surface area contributed by atoms with E-state index in [9.17, 15) is 28.8 Å². The molecule has 0 saturated carbocycles. The molecule has 0 fully saturated rings. The highest BCUT2D eigenvalue weighted by molar-refractivity contribution is 5.92. The molecule has 1 aromatic rings. The number of carboxylic acid groups (broad SMARTS) is 1. The molecular weight excluding hydrogens is 554 g/mol. The van der Waals surface area contributed by atoms with Gasteiger partial charge in [-0.15, -0.1) is 0 Å². The van der Waals surface area contributed by atoms with Crippen molar-refractivity contribution in [2.75, 3.05) is 13.1 Å². The number of amides is 4. The molecule has 0 radical (unpaired) electrons. The van der Waals surface area contributed by atoms with Gasteiger partial charge in [0.05, 0.1) is 12.5 Å². The van der Waals surface area contributed by atoms with Crippen molar-refractivity contribution in [3.05, 3.63) is 35.9 Å². The third-order valence-electron chi connectivity index (χ3n) is 7.24. The van der Waals surface area contributed by atoms with E-state index in [0.717, 1.165) is 5.56 Å². The minimum Gasteiger partial charge on any atom is -0.481 e. The van der Waals surface area contributed by atoms with Crippen LogP contribution in [-0.2, 0) is 35.2 Å². The van der Waals surface area contributed by atoms with E-state index in [1.165, 1.54) is 6.92 Å². The Morgan fingerprint density at radius 1 is 0.907 bits per heavy atom. The lowest BCUT2D eigenvalue weighted by Crippen LogP contribution is -2.56. The Labute approximate surface area is 254 Å². The molecule has 1 rings (SSSR count). The zero-order valence-corrected chi connectivity index (χ0v) is 26.0. The van der Waals surface area contributed by atoms with Crippen molar-refractivity contribution in [1.29, 1.82) is 0 Å². The third-order valence-corrected chi connectivity index (χ3v) is 7.24. The highest BCUT2D eigenvalue weighted by Gasteiger charge is 2.29. The Bertz CT molecular complexity index is 1050. The highest BCUT2D eigenvalue weighted by atomic mass is 16.4. The Hall–Kier alpha value is -3.80. The van der Waals surface area contributed by atoms with Gasteiger partial charge in [0, 0.05) is 25.9 Å². The van der Waals surface area contributed by atoms with Crippen molar-refractivity contribution >= 4 is 35.9 Å². The van der Waals surface area contributed by atoms with Crippen LogP contribution >= 0.6 is 0 Å². The van der Waals surface area contributed by atoms with Crippen molar-refractivity contribution in [1.82, 2.24) is 26.6 Å². The molecule has 1 aromatic carbocycles. The lowest BCUT2D eigenvalue weighted by Gasteiger charge is -2.27. The summed E-state index contributed by atoms with van der Waals surface area (Å²) < 4.78 is 0.